The number of hydrogen-bond acceptors (Lipinski definition) is 4. The fourth-order valence-corrected chi connectivity index (χ4v) is 1.77. The van der Waals surface area contributed by atoms with E-state index in [1.807, 2.05) is 19.9 Å². The van der Waals surface area contributed by atoms with Crippen LogP contribution >= 0.6 is 0 Å². The standard InChI is InChI=1S/C14H16N2O3/c1-3-18-12-6-5-10(7-13(12)19-4-2)11-8-15-9-16-14(11)17/h5-9H,3-4H2,1-2H3,(H,15,16,17). The molecule has 1 N–H and O–H groups in total. The molecule has 0 fully saturated rings. The quantitative estimate of drug-likeness (QED) is 0.895. The van der Waals surface area contributed by atoms with Crippen molar-refractivity contribution in [2.24, 2.45) is 0 Å². The summed E-state index contributed by atoms with van der Waals surface area (Å²) in [6.07, 6.45) is 2.90. The lowest BCUT2D eigenvalue weighted by atomic mass is 10.1. The van der Waals surface area contributed by atoms with Crippen LogP contribution in [0.4, 0.5) is 0 Å². The van der Waals surface area contributed by atoms with Crippen LogP contribution in [-0.2, 0) is 0 Å². The Bertz CT molecular complexity index is 608. The molecule has 1 heterocycles. The van der Waals surface area contributed by atoms with Crippen LogP contribution in [0.1, 0.15) is 13.8 Å². The molecule has 5 nitrogen and oxygen atoms in total. The second-order valence-corrected chi connectivity index (χ2v) is 3.82. The lowest BCUT2D eigenvalue weighted by molar-refractivity contribution is 0.288. The average Bonchev–Trinajstić information content (AvgIpc) is 2.42. The van der Waals surface area contributed by atoms with Crippen LogP contribution in [0, 0.1) is 0 Å². The van der Waals surface area contributed by atoms with Gasteiger partial charge in [-0.25, -0.2) is 4.98 Å². The Morgan fingerprint density at radius 3 is 2.58 bits per heavy atom. The highest BCUT2D eigenvalue weighted by atomic mass is 16.5. The van der Waals surface area contributed by atoms with E-state index in [4.69, 9.17) is 9.47 Å². The molecule has 0 bridgehead atoms. The zero-order valence-electron chi connectivity index (χ0n) is 11.0. The van der Waals surface area contributed by atoms with E-state index in [1.165, 1.54) is 12.5 Å². The van der Waals surface area contributed by atoms with Crippen LogP contribution in [0.25, 0.3) is 11.1 Å². The second kappa shape index (κ2) is 6.04. The summed E-state index contributed by atoms with van der Waals surface area (Å²) in [5.74, 6) is 1.30. The summed E-state index contributed by atoms with van der Waals surface area (Å²) < 4.78 is 11.0. The van der Waals surface area contributed by atoms with E-state index in [0.29, 0.717) is 30.3 Å². The third-order valence-corrected chi connectivity index (χ3v) is 2.57. The van der Waals surface area contributed by atoms with Gasteiger partial charge in [0.2, 0.25) is 0 Å². The van der Waals surface area contributed by atoms with Crippen molar-refractivity contribution < 1.29 is 9.47 Å². The molecule has 0 amide bonds. The molecular formula is C14H16N2O3. The Labute approximate surface area is 111 Å². The lowest BCUT2D eigenvalue weighted by Gasteiger charge is -2.12. The predicted molar refractivity (Wildman–Crippen MR) is 72.6 cm³/mol. The Balaban J connectivity index is 2.46. The summed E-state index contributed by atoms with van der Waals surface area (Å²) in [6, 6.07) is 5.41. The highest BCUT2D eigenvalue weighted by Gasteiger charge is 2.09. The molecule has 2 aromatic rings. The summed E-state index contributed by atoms with van der Waals surface area (Å²) >= 11 is 0. The van der Waals surface area contributed by atoms with Crippen molar-refractivity contribution >= 4 is 0 Å². The Morgan fingerprint density at radius 2 is 1.89 bits per heavy atom. The van der Waals surface area contributed by atoms with Crippen molar-refractivity contribution in [2.45, 2.75) is 13.8 Å². The Kier molecular flexibility index (Phi) is 4.18. The molecule has 0 unspecified atom stereocenters. The number of H-pyrrole nitrogens is 1. The van der Waals surface area contributed by atoms with Crippen molar-refractivity contribution in [2.75, 3.05) is 13.2 Å². The SMILES string of the molecule is CCOc1ccc(-c2cnc[nH]c2=O)cc1OCC. The number of aromatic nitrogens is 2. The van der Waals surface area contributed by atoms with E-state index >= 15 is 0 Å². The van der Waals surface area contributed by atoms with Gasteiger partial charge >= 0.3 is 0 Å². The molecule has 5 heteroatoms. The van der Waals surface area contributed by atoms with Crippen molar-refractivity contribution in [1.82, 2.24) is 9.97 Å². The molecule has 0 spiro atoms. The first kappa shape index (κ1) is 13.1. The first-order chi connectivity index (χ1) is 9.26. The summed E-state index contributed by atoms with van der Waals surface area (Å²) in [4.78, 5) is 18.2. The van der Waals surface area contributed by atoms with Crippen LogP contribution < -0.4 is 15.0 Å². The minimum atomic E-state index is -0.179. The van der Waals surface area contributed by atoms with Crippen molar-refractivity contribution in [3.8, 4) is 22.6 Å². The number of nitrogens with zero attached hydrogens (tertiary/aromatic N) is 1. The molecule has 19 heavy (non-hydrogen) atoms. The first-order valence-electron chi connectivity index (χ1n) is 6.19. The van der Waals surface area contributed by atoms with Gasteiger partial charge in [0, 0.05) is 6.20 Å². The van der Waals surface area contributed by atoms with Gasteiger partial charge in [0.15, 0.2) is 11.5 Å². The van der Waals surface area contributed by atoms with Gasteiger partial charge in [-0.3, -0.25) is 4.79 Å². The van der Waals surface area contributed by atoms with Crippen LogP contribution in [0.15, 0.2) is 35.5 Å². The van der Waals surface area contributed by atoms with Crippen LogP contribution in [-0.4, -0.2) is 23.2 Å². The third-order valence-electron chi connectivity index (χ3n) is 2.57. The minimum Gasteiger partial charge on any atom is -0.490 e. The summed E-state index contributed by atoms with van der Waals surface area (Å²) in [5, 5.41) is 0. The Hall–Kier alpha value is -2.30. The van der Waals surface area contributed by atoms with Crippen molar-refractivity contribution in [1.29, 1.82) is 0 Å². The molecule has 0 saturated carbocycles. The van der Waals surface area contributed by atoms with Gasteiger partial charge < -0.3 is 14.5 Å². The lowest BCUT2D eigenvalue weighted by Crippen LogP contribution is -2.08. The minimum absolute atomic E-state index is 0.179. The van der Waals surface area contributed by atoms with Crippen molar-refractivity contribution in [3.63, 3.8) is 0 Å². The fraction of sp³-hybridized carbons (Fsp3) is 0.286. The number of ether oxygens (including phenoxy) is 2. The van der Waals surface area contributed by atoms with Gasteiger partial charge in [0.25, 0.3) is 5.56 Å². The topological polar surface area (TPSA) is 64.2 Å². The summed E-state index contributed by atoms with van der Waals surface area (Å²) in [7, 11) is 0. The summed E-state index contributed by atoms with van der Waals surface area (Å²) in [6.45, 7) is 4.91. The van der Waals surface area contributed by atoms with Gasteiger partial charge in [-0.05, 0) is 31.5 Å². The predicted octanol–water partition coefficient (Wildman–Crippen LogP) is 2.23. The smallest absolute Gasteiger partial charge is 0.258 e. The molecule has 2 rings (SSSR count). The molecular weight excluding hydrogens is 244 g/mol. The number of nitrogens with one attached hydrogen (secondary N) is 1. The van der Waals surface area contributed by atoms with Crippen LogP contribution in [0.3, 0.4) is 0 Å². The largest absolute Gasteiger partial charge is 0.490 e. The number of hydrogen-bond donors (Lipinski definition) is 1. The zero-order valence-corrected chi connectivity index (χ0v) is 11.0. The highest BCUT2D eigenvalue weighted by molar-refractivity contribution is 5.65. The monoisotopic (exact) mass is 260 g/mol. The highest BCUT2D eigenvalue weighted by Crippen LogP contribution is 2.31. The van der Waals surface area contributed by atoms with Crippen LogP contribution in [0.2, 0.25) is 0 Å². The van der Waals surface area contributed by atoms with E-state index in [-0.39, 0.29) is 5.56 Å². The molecule has 0 saturated heterocycles. The van der Waals surface area contributed by atoms with Gasteiger partial charge in [0.05, 0.1) is 25.1 Å². The fourth-order valence-electron chi connectivity index (χ4n) is 1.77. The number of benzene rings is 1. The number of aromatic amines is 1. The average molecular weight is 260 g/mol. The normalized spacial score (nSPS) is 10.2. The first-order valence-corrected chi connectivity index (χ1v) is 6.19. The zero-order chi connectivity index (χ0) is 13.7. The molecule has 1 aromatic heterocycles. The van der Waals surface area contributed by atoms with Crippen molar-refractivity contribution in [3.05, 3.63) is 41.1 Å². The van der Waals surface area contributed by atoms with Gasteiger partial charge in [-0.2, -0.15) is 0 Å². The summed E-state index contributed by atoms with van der Waals surface area (Å²) in [5.41, 5.74) is 1.08. The molecule has 0 aliphatic heterocycles. The maximum absolute atomic E-state index is 11.7. The molecule has 0 atom stereocenters. The maximum atomic E-state index is 11.7. The van der Waals surface area contributed by atoms with E-state index in [1.54, 1.807) is 12.1 Å². The Morgan fingerprint density at radius 1 is 1.16 bits per heavy atom. The molecule has 100 valence electrons. The van der Waals surface area contributed by atoms with Gasteiger partial charge in [0.1, 0.15) is 0 Å². The van der Waals surface area contributed by atoms with Gasteiger partial charge in [-0.15, -0.1) is 0 Å². The van der Waals surface area contributed by atoms with E-state index < -0.39 is 0 Å². The maximum Gasteiger partial charge on any atom is 0.258 e. The molecule has 0 aliphatic rings. The molecule has 0 aliphatic carbocycles. The van der Waals surface area contributed by atoms with Gasteiger partial charge in [-0.1, -0.05) is 6.07 Å². The third kappa shape index (κ3) is 2.93. The molecule has 0 radical (unpaired) electrons. The van der Waals surface area contributed by atoms with E-state index in [0.717, 1.165) is 5.56 Å². The number of rotatable bonds is 5. The van der Waals surface area contributed by atoms with E-state index in [9.17, 15) is 4.79 Å². The second-order valence-electron chi connectivity index (χ2n) is 3.82. The van der Waals surface area contributed by atoms with Crippen LogP contribution in [0.5, 0.6) is 11.5 Å². The molecule has 1 aromatic carbocycles. The van der Waals surface area contributed by atoms with E-state index in [2.05, 4.69) is 9.97 Å².